The van der Waals surface area contributed by atoms with Gasteiger partial charge in [-0.1, -0.05) is 11.6 Å². The van der Waals surface area contributed by atoms with Crippen LogP contribution < -0.4 is 0 Å². The number of carboxylic acid groups (broad SMARTS) is 1. The summed E-state index contributed by atoms with van der Waals surface area (Å²) in [5, 5.41) is 8.99. The van der Waals surface area contributed by atoms with E-state index in [-0.39, 0.29) is 5.82 Å². The van der Waals surface area contributed by atoms with Crippen molar-refractivity contribution in [1.29, 1.82) is 0 Å². The summed E-state index contributed by atoms with van der Waals surface area (Å²) < 4.78 is 0. The van der Waals surface area contributed by atoms with E-state index >= 15 is 0 Å². The molecule has 4 nitrogen and oxygen atoms in total. The molecule has 0 amide bonds. The second-order valence-electron chi connectivity index (χ2n) is 2.32. The summed E-state index contributed by atoms with van der Waals surface area (Å²) in [6.07, 6.45) is 2.76. The van der Waals surface area contributed by atoms with Crippen LogP contribution in [0.25, 0.3) is 0 Å². The molecular formula is C7H7ClN2O2. The number of halogens is 1. The topological polar surface area (TPSA) is 63.1 Å². The second kappa shape index (κ2) is 3.49. The summed E-state index contributed by atoms with van der Waals surface area (Å²) in [6.45, 7) is 1.52. The number of hydrogen-bond donors (Lipinski definition) is 1. The highest BCUT2D eigenvalue weighted by Crippen LogP contribution is 2.11. The van der Waals surface area contributed by atoms with Crippen LogP contribution in [0.2, 0.25) is 5.02 Å². The molecule has 0 aliphatic carbocycles. The van der Waals surface area contributed by atoms with Crippen LogP contribution in [0.5, 0.6) is 0 Å². The fourth-order valence-electron chi connectivity index (χ4n) is 0.656. The molecule has 1 aromatic rings. The Hall–Kier alpha value is -1.16. The molecule has 64 valence electrons. The highest BCUT2D eigenvalue weighted by atomic mass is 35.5. The van der Waals surface area contributed by atoms with Crippen LogP contribution in [0.4, 0.5) is 0 Å². The van der Waals surface area contributed by atoms with Crippen LogP contribution >= 0.6 is 11.6 Å². The third kappa shape index (κ3) is 1.92. The van der Waals surface area contributed by atoms with Crippen molar-refractivity contribution in [3.8, 4) is 0 Å². The van der Waals surface area contributed by atoms with Gasteiger partial charge in [-0.3, -0.25) is 4.79 Å². The van der Waals surface area contributed by atoms with Crippen LogP contribution in [-0.2, 0) is 4.79 Å². The van der Waals surface area contributed by atoms with Crippen molar-refractivity contribution in [2.45, 2.75) is 12.8 Å². The van der Waals surface area contributed by atoms with E-state index in [1.165, 1.54) is 19.3 Å². The van der Waals surface area contributed by atoms with Crippen molar-refractivity contribution in [3.63, 3.8) is 0 Å². The quantitative estimate of drug-likeness (QED) is 0.757. The average molecular weight is 187 g/mol. The maximum atomic E-state index is 10.5. The van der Waals surface area contributed by atoms with Gasteiger partial charge in [0.2, 0.25) is 0 Å². The third-order valence-corrected chi connectivity index (χ3v) is 1.59. The lowest BCUT2D eigenvalue weighted by Crippen LogP contribution is -2.10. The first kappa shape index (κ1) is 8.93. The van der Waals surface area contributed by atoms with Crippen molar-refractivity contribution in [2.24, 2.45) is 0 Å². The summed E-state index contributed by atoms with van der Waals surface area (Å²) in [4.78, 5) is 18.0. The SMILES string of the molecule is CC(C(=O)O)c1ncc(Cl)cn1. The first-order valence-electron chi connectivity index (χ1n) is 3.31. The molecule has 1 atom stereocenters. The zero-order valence-electron chi connectivity index (χ0n) is 6.36. The molecule has 0 saturated heterocycles. The summed E-state index contributed by atoms with van der Waals surface area (Å²) in [5.74, 6) is -1.37. The largest absolute Gasteiger partial charge is 0.481 e. The molecule has 0 saturated carbocycles. The Morgan fingerprint density at radius 3 is 2.50 bits per heavy atom. The van der Waals surface area contributed by atoms with E-state index in [1.807, 2.05) is 0 Å². The molecule has 1 N–H and O–H groups in total. The van der Waals surface area contributed by atoms with E-state index in [0.29, 0.717) is 5.02 Å². The first-order valence-corrected chi connectivity index (χ1v) is 3.69. The minimum atomic E-state index is -0.947. The van der Waals surface area contributed by atoms with Gasteiger partial charge in [0.15, 0.2) is 0 Å². The van der Waals surface area contributed by atoms with Crippen molar-refractivity contribution < 1.29 is 9.90 Å². The fourth-order valence-corrected chi connectivity index (χ4v) is 0.754. The molecular weight excluding hydrogens is 180 g/mol. The van der Waals surface area contributed by atoms with Crippen LogP contribution in [0, 0.1) is 0 Å². The molecule has 0 fully saturated rings. The number of nitrogens with zero attached hydrogens (tertiary/aromatic N) is 2. The van der Waals surface area contributed by atoms with Crippen LogP contribution in [0.15, 0.2) is 12.4 Å². The van der Waals surface area contributed by atoms with Gasteiger partial charge in [-0.15, -0.1) is 0 Å². The number of hydrogen-bond acceptors (Lipinski definition) is 3. The molecule has 1 rings (SSSR count). The third-order valence-electron chi connectivity index (χ3n) is 1.40. The lowest BCUT2D eigenvalue weighted by atomic mass is 10.2. The predicted molar refractivity (Wildman–Crippen MR) is 43.1 cm³/mol. The van der Waals surface area contributed by atoms with Gasteiger partial charge in [-0.05, 0) is 6.92 Å². The van der Waals surface area contributed by atoms with Gasteiger partial charge in [0.25, 0.3) is 0 Å². The summed E-state index contributed by atoms with van der Waals surface area (Å²) in [6, 6.07) is 0. The molecule has 0 bridgehead atoms. The van der Waals surface area contributed by atoms with Gasteiger partial charge >= 0.3 is 5.97 Å². The maximum absolute atomic E-state index is 10.5. The Balaban J connectivity index is 2.89. The number of aromatic nitrogens is 2. The molecule has 0 aliphatic heterocycles. The van der Waals surface area contributed by atoms with E-state index < -0.39 is 11.9 Å². The monoisotopic (exact) mass is 186 g/mol. The van der Waals surface area contributed by atoms with E-state index in [9.17, 15) is 4.79 Å². The molecule has 1 unspecified atom stereocenters. The minimum Gasteiger partial charge on any atom is -0.481 e. The maximum Gasteiger partial charge on any atom is 0.313 e. The van der Waals surface area contributed by atoms with Crippen LogP contribution in [-0.4, -0.2) is 21.0 Å². The fraction of sp³-hybridized carbons (Fsp3) is 0.286. The molecule has 1 heterocycles. The Morgan fingerprint density at radius 1 is 1.58 bits per heavy atom. The van der Waals surface area contributed by atoms with Crippen LogP contribution in [0.3, 0.4) is 0 Å². The Labute approximate surface area is 74.2 Å². The molecule has 12 heavy (non-hydrogen) atoms. The number of aliphatic carboxylic acids is 1. The number of rotatable bonds is 2. The Morgan fingerprint density at radius 2 is 2.08 bits per heavy atom. The highest BCUT2D eigenvalue weighted by molar-refractivity contribution is 6.30. The van der Waals surface area contributed by atoms with Crippen molar-refractivity contribution in [3.05, 3.63) is 23.2 Å². The van der Waals surface area contributed by atoms with Crippen molar-refractivity contribution in [1.82, 2.24) is 9.97 Å². The zero-order valence-corrected chi connectivity index (χ0v) is 7.12. The van der Waals surface area contributed by atoms with Gasteiger partial charge in [-0.2, -0.15) is 0 Å². The summed E-state index contributed by atoms with van der Waals surface area (Å²) in [5.41, 5.74) is 0. The Kier molecular flexibility index (Phi) is 2.60. The number of carboxylic acids is 1. The molecule has 1 aromatic heterocycles. The zero-order chi connectivity index (χ0) is 9.14. The summed E-state index contributed by atoms with van der Waals surface area (Å²) in [7, 11) is 0. The van der Waals surface area contributed by atoms with Gasteiger partial charge in [-0.25, -0.2) is 9.97 Å². The predicted octanol–water partition coefficient (Wildman–Crippen LogP) is 1.32. The van der Waals surface area contributed by atoms with Gasteiger partial charge in [0.1, 0.15) is 11.7 Å². The molecule has 0 aromatic carbocycles. The highest BCUT2D eigenvalue weighted by Gasteiger charge is 2.15. The minimum absolute atomic E-state index is 0.270. The van der Waals surface area contributed by atoms with Crippen molar-refractivity contribution >= 4 is 17.6 Å². The van der Waals surface area contributed by atoms with E-state index in [4.69, 9.17) is 16.7 Å². The normalized spacial score (nSPS) is 12.5. The number of carbonyl (C=O) groups is 1. The summed E-state index contributed by atoms with van der Waals surface area (Å²) >= 11 is 5.52. The van der Waals surface area contributed by atoms with E-state index in [1.54, 1.807) is 0 Å². The van der Waals surface area contributed by atoms with Gasteiger partial charge < -0.3 is 5.11 Å². The van der Waals surface area contributed by atoms with Crippen LogP contribution in [0.1, 0.15) is 18.7 Å². The van der Waals surface area contributed by atoms with Gasteiger partial charge in [0, 0.05) is 12.4 Å². The molecule has 0 radical (unpaired) electrons. The van der Waals surface area contributed by atoms with Crippen molar-refractivity contribution in [2.75, 3.05) is 0 Å². The lowest BCUT2D eigenvalue weighted by Gasteiger charge is -2.02. The molecule has 0 spiro atoms. The van der Waals surface area contributed by atoms with Gasteiger partial charge in [0.05, 0.1) is 5.02 Å². The van der Waals surface area contributed by atoms with E-state index in [2.05, 4.69) is 9.97 Å². The Bertz CT molecular complexity index is 286. The smallest absolute Gasteiger partial charge is 0.313 e. The molecule has 5 heteroatoms. The lowest BCUT2D eigenvalue weighted by molar-refractivity contribution is -0.138. The molecule has 0 aliphatic rings. The first-order chi connectivity index (χ1) is 5.61. The average Bonchev–Trinajstić information content (AvgIpc) is 2.04. The standard InChI is InChI=1S/C7H7ClN2O2/c1-4(7(11)12)6-9-2-5(8)3-10-6/h2-4H,1H3,(H,11,12). The second-order valence-corrected chi connectivity index (χ2v) is 2.76. The van der Waals surface area contributed by atoms with E-state index in [0.717, 1.165) is 0 Å².